The molecule has 96 valence electrons. The van der Waals surface area contributed by atoms with Gasteiger partial charge in [0.05, 0.1) is 16.6 Å². The number of aromatic nitrogens is 2. The van der Waals surface area contributed by atoms with E-state index in [1.54, 1.807) is 49.1 Å². The molecule has 0 atom stereocenters. The van der Waals surface area contributed by atoms with Crippen molar-refractivity contribution < 1.29 is 8.42 Å². The molecule has 1 aromatic heterocycles. The standard InChI is InChI=1S/C12H15N3O2S/c1-10(2)18(16,17)14-11-6-3-4-7-12(11)15-9-5-8-13-15/h3-10,14H,1-2H3. The lowest BCUT2D eigenvalue weighted by Crippen LogP contribution is -2.23. The van der Waals surface area contributed by atoms with Gasteiger partial charge in [-0.05, 0) is 32.0 Å². The second-order valence-electron chi connectivity index (χ2n) is 4.16. The highest BCUT2D eigenvalue weighted by Gasteiger charge is 2.17. The Balaban J connectivity index is 2.41. The first-order valence-corrected chi connectivity index (χ1v) is 7.16. The normalized spacial score (nSPS) is 11.7. The molecule has 0 saturated heterocycles. The summed E-state index contributed by atoms with van der Waals surface area (Å²) in [6.07, 6.45) is 3.41. The van der Waals surface area contributed by atoms with E-state index in [-0.39, 0.29) is 0 Å². The summed E-state index contributed by atoms with van der Waals surface area (Å²) >= 11 is 0. The van der Waals surface area contributed by atoms with Gasteiger partial charge in [0.25, 0.3) is 0 Å². The molecule has 0 spiro atoms. The van der Waals surface area contributed by atoms with Crippen LogP contribution in [0.2, 0.25) is 0 Å². The van der Waals surface area contributed by atoms with Crippen molar-refractivity contribution in [3.63, 3.8) is 0 Å². The van der Waals surface area contributed by atoms with Crippen LogP contribution >= 0.6 is 0 Å². The van der Waals surface area contributed by atoms with E-state index in [1.807, 2.05) is 12.1 Å². The third-order valence-electron chi connectivity index (χ3n) is 2.53. The molecule has 2 aromatic rings. The average molecular weight is 265 g/mol. The predicted octanol–water partition coefficient (Wildman–Crippen LogP) is 2.02. The Hall–Kier alpha value is -1.82. The number of hydrogen-bond acceptors (Lipinski definition) is 3. The van der Waals surface area contributed by atoms with Crippen molar-refractivity contribution >= 4 is 15.7 Å². The van der Waals surface area contributed by atoms with Crippen LogP contribution in [0, 0.1) is 0 Å². The number of nitrogens with one attached hydrogen (secondary N) is 1. The van der Waals surface area contributed by atoms with Crippen molar-refractivity contribution in [1.29, 1.82) is 0 Å². The van der Waals surface area contributed by atoms with Crippen LogP contribution in [-0.2, 0) is 10.0 Å². The maximum atomic E-state index is 11.9. The van der Waals surface area contributed by atoms with Gasteiger partial charge in [-0.3, -0.25) is 4.72 Å². The van der Waals surface area contributed by atoms with Crippen molar-refractivity contribution in [3.05, 3.63) is 42.7 Å². The summed E-state index contributed by atoms with van der Waals surface area (Å²) in [6.45, 7) is 3.28. The average Bonchev–Trinajstić information content (AvgIpc) is 2.82. The van der Waals surface area contributed by atoms with E-state index in [4.69, 9.17) is 0 Å². The molecule has 2 rings (SSSR count). The summed E-state index contributed by atoms with van der Waals surface area (Å²) in [5.74, 6) is 0. The Labute approximate surface area is 107 Å². The Morgan fingerprint density at radius 1 is 1.22 bits per heavy atom. The van der Waals surface area contributed by atoms with Crippen LogP contribution < -0.4 is 4.72 Å². The minimum Gasteiger partial charge on any atom is -0.281 e. The van der Waals surface area contributed by atoms with E-state index >= 15 is 0 Å². The topological polar surface area (TPSA) is 64.0 Å². The van der Waals surface area contributed by atoms with E-state index in [0.29, 0.717) is 11.4 Å². The SMILES string of the molecule is CC(C)S(=O)(=O)Nc1ccccc1-n1cccn1. The van der Waals surface area contributed by atoms with Gasteiger partial charge in [0.2, 0.25) is 10.0 Å². The van der Waals surface area contributed by atoms with Crippen LogP contribution in [-0.4, -0.2) is 23.4 Å². The number of rotatable bonds is 4. The smallest absolute Gasteiger partial charge is 0.235 e. The zero-order valence-electron chi connectivity index (χ0n) is 10.2. The molecule has 0 aliphatic rings. The van der Waals surface area contributed by atoms with Gasteiger partial charge in [-0.1, -0.05) is 12.1 Å². The summed E-state index contributed by atoms with van der Waals surface area (Å²) in [4.78, 5) is 0. The van der Waals surface area contributed by atoms with Crippen molar-refractivity contribution in [1.82, 2.24) is 9.78 Å². The molecule has 5 nitrogen and oxygen atoms in total. The van der Waals surface area contributed by atoms with Gasteiger partial charge in [0.1, 0.15) is 0 Å². The largest absolute Gasteiger partial charge is 0.281 e. The quantitative estimate of drug-likeness (QED) is 0.920. The van der Waals surface area contributed by atoms with E-state index < -0.39 is 15.3 Å². The summed E-state index contributed by atoms with van der Waals surface area (Å²) in [5, 5.41) is 3.62. The molecular formula is C12H15N3O2S. The summed E-state index contributed by atoms with van der Waals surface area (Å²) in [6, 6.07) is 8.94. The highest BCUT2D eigenvalue weighted by Crippen LogP contribution is 2.21. The molecule has 1 N–H and O–H groups in total. The zero-order valence-corrected chi connectivity index (χ0v) is 11.1. The van der Waals surface area contributed by atoms with Crippen LogP contribution in [0.25, 0.3) is 5.69 Å². The molecular weight excluding hydrogens is 250 g/mol. The molecule has 0 unspecified atom stereocenters. The van der Waals surface area contributed by atoms with Gasteiger partial charge in [0.15, 0.2) is 0 Å². The minimum atomic E-state index is -3.36. The summed E-state index contributed by atoms with van der Waals surface area (Å²) in [5.41, 5.74) is 1.22. The van der Waals surface area contributed by atoms with Gasteiger partial charge in [-0.15, -0.1) is 0 Å². The maximum Gasteiger partial charge on any atom is 0.235 e. The summed E-state index contributed by atoms with van der Waals surface area (Å²) < 4.78 is 28.0. The molecule has 0 radical (unpaired) electrons. The lowest BCUT2D eigenvalue weighted by Gasteiger charge is -2.14. The van der Waals surface area contributed by atoms with Crippen LogP contribution in [0.4, 0.5) is 5.69 Å². The first kappa shape index (κ1) is 12.6. The molecule has 0 fully saturated rings. The van der Waals surface area contributed by atoms with Gasteiger partial charge in [0, 0.05) is 12.4 Å². The zero-order chi connectivity index (χ0) is 13.2. The number of para-hydroxylation sites is 2. The van der Waals surface area contributed by atoms with Gasteiger partial charge >= 0.3 is 0 Å². The fourth-order valence-electron chi connectivity index (χ4n) is 1.44. The Morgan fingerprint density at radius 2 is 1.94 bits per heavy atom. The van der Waals surface area contributed by atoms with Crippen molar-refractivity contribution in [2.45, 2.75) is 19.1 Å². The highest BCUT2D eigenvalue weighted by molar-refractivity contribution is 7.93. The lowest BCUT2D eigenvalue weighted by atomic mass is 10.3. The fourth-order valence-corrected chi connectivity index (χ4v) is 2.16. The van der Waals surface area contributed by atoms with Crippen LogP contribution in [0.15, 0.2) is 42.7 Å². The Bertz CT molecular complexity index is 619. The van der Waals surface area contributed by atoms with E-state index in [0.717, 1.165) is 0 Å². The highest BCUT2D eigenvalue weighted by atomic mass is 32.2. The van der Waals surface area contributed by atoms with Gasteiger partial charge in [-0.25, -0.2) is 13.1 Å². The van der Waals surface area contributed by atoms with E-state index in [9.17, 15) is 8.42 Å². The van der Waals surface area contributed by atoms with E-state index in [1.165, 1.54) is 0 Å². The number of anilines is 1. The van der Waals surface area contributed by atoms with Crippen molar-refractivity contribution in [3.8, 4) is 5.69 Å². The third kappa shape index (κ3) is 2.53. The molecule has 1 heterocycles. The third-order valence-corrected chi connectivity index (χ3v) is 4.27. The molecule has 1 aromatic carbocycles. The van der Waals surface area contributed by atoms with Crippen LogP contribution in [0.1, 0.15) is 13.8 Å². The second kappa shape index (κ2) is 4.81. The number of hydrogen-bond donors (Lipinski definition) is 1. The molecule has 6 heteroatoms. The second-order valence-corrected chi connectivity index (χ2v) is 6.40. The van der Waals surface area contributed by atoms with Crippen LogP contribution in [0.5, 0.6) is 0 Å². The first-order valence-electron chi connectivity index (χ1n) is 5.61. The predicted molar refractivity (Wildman–Crippen MR) is 71.2 cm³/mol. The maximum absolute atomic E-state index is 11.9. The lowest BCUT2D eigenvalue weighted by molar-refractivity contribution is 0.592. The number of benzene rings is 1. The Morgan fingerprint density at radius 3 is 2.56 bits per heavy atom. The fraction of sp³-hybridized carbons (Fsp3) is 0.250. The molecule has 0 amide bonds. The number of sulfonamides is 1. The van der Waals surface area contributed by atoms with Crippen LogP contribution in [0.3, 0.4) is 0 Å². The molecule has 0 aliphatic carbocycles. The number of nitrogens with zero attached hydrogens (tertiary/aromatic N) is 2. The molecule has 0 bridgehead atoms. The Kier molecular flexibility index (Phi) is 3.38. The monoisotopic (exact) mass is 265 g/mol. The molecule has 0 saturated carbocycles. The molecule has 0 aliphatic heterocycles. The minimum absolute atomic E-state index is 0.483. The molecule has 18 heavy (non-hydrogen) atoms. The van der Waals surface area contributed by atoms with E-state index in [2.05, 4.69) is 9.82 Å². The summed E-state index contributed by atoms with van der Waals surface area (Å²) in [7, 11) is -3.36. The van der Waals surface area contributed by atoms with Crippen molar-refractivity contribution in [2.75, 3.05) is 4.72 Å². The van der Waals surface area contributed by atoms with Crippen molar-refractivity contribution in [2.24, 2.45) is 0 Å². The first-order chi connectivity index (χ1) is 8.50. The van der Waals surface area contributed by atoms with Gasteiger partial charge < -0.3 is 0 Å². The van der Waals surface area contributed by atoms with Gasteiger partial charge in [-0.2, -0.15) is 5.10 Å².